The number of aliphatic hydroxyl groups is 1. The van der Waals surface area contributed by atoms with Crippen molar-refractivity contribution < 1.29 is 43.0 Å². The minimum absolute atomic E-state index is 0.177. The Balaban J connectivity index is 4.04. The van der Waals surface area contributed by atoms with Crippen molar-refractivity contribution in [3.63, 3.8) is 0 Å². The van der Waals surface area contributed by atoms with Crippen LogP contribution in [0.5, 0.6) is 0 Å². The number of carbonyl (C=O) groups is 2. The molecule has 0 bridgehead atoms. The van der Waals surface area contributed by atoms with E-state index < -0.39 is 32.5 Å². The highest BCUT2D eigenvalue weighted by Crippen LogP contribution is 2.36. The molecule has 0 amide bonds. The maximum absolute atomic E-state index is 12.4. The summed E-state index contributed by atoms with van der Waals surface area (Å²) in [5, 5.41) is 9.70. The van der Waals surface area contributed by atoms with Crippen molar-refractivity contribution in [2.24, 2.45) is 0 Å². The molecule has 0 aromatic heterocycles. The first kappa shape index (κ1) is 50.0. The summed E-state index contributed by atoms with van der Waals surface area (Å²) >= 11 is 0. The fourth-order valence-electron chi connectivity index (χ4n) is 5.62. The lowest BCUT2D eigenvalue weighted by Crippen LogP contribution is -2.29. The lowest BCUT2D eigenvalue weighted by Gasteiger charge is -2.18. The molecule has 0 radical (unpaired) electrons. The smallest absolute Gasteiger partial charge is 0.462 e. The van der Waals surface area contributed by atoms with E-state index in [-0.39, 0.29) is 25.6 Å². The maximum Gasteiger partial charge on any atom is 0.469 e. The van der Waals surface area contributed by atoms with E-state index in [1.54, 1.807) is 0 Å². The van der Waals surface area contributed by atoms with Gasteiger partial charge in [0.1, 0.15) is 6.61 Å². The van der Waals surface area contributed by atoms with E-state index in [2.05, 4.69) is 48.8 Å². The van der Waals surface area contributed by atoms with Crippen molar-refractivity contribution in [1.82, 2.24) is 0 Å². The molecule has 0 aliphatic heterocycles. The summed E-state index contributed by atoms with van der Waals surface area (Å²) in [5.74, 6) is -0.968. The number of rotatable bonds is 37. The van der Waals surface area contributed by atoms with E-state index in [0.717, 1.165) is 51.4 Å². The Morgan fingerprint density at radius 2 is 1.04 bits per heavy atom. The van der Waals surface area contributed by atoms with Crippen LogP contribution in [0.2, 0.25) is 0 Å². The Kier molecular flexibility index (Phi) is 35.8. The predicted molar refractivity (Wildman–Crippen MR) is 213 cm³/mol. The van der Waals surface area contributed by atoms with Crippen LogP contribution in [0.25, 0.3) is 0 Å². The minimum atomic E-state index is -4.77. The van der Waals surface area contributed by atoms with Crippen molar-refractivity contribution in [2.45, 2.75) is 193 Å². The first-order valence-electron chi connectivity index (χ1n) is 20.5. The van der Waals surface area contributed by atoms with Crippen LogP contribution < -0.4 is 0 Å². The third kappa shape index (κ3) is 39.2. The van der Waals surface area contributed by atoms with Gasteiger partial charge < -0.3 is 24.4 Å². The van der Waals surface area contributed by atoms with Crippen LogP contribution in [0.4, 0.5) is 0 Å². The molecule has 0 rings (SSSR count). The quantitative estimate of drug-likeness (QED) is 0.0245. The van der Waals surface area contributed by atoms with Gasteiger partial charge in [0.05, 0.1) is 12.7 Å². The average Bonchev–Trinajstić information content (AvgIpc) is 3.10. The van der Waals surface area contributed by atoms with Gasteiger partial charge in [0.15, 0.2) is 6.10 Å². The first-order valence-corrected chi connectivity index (χ1v) is 22.0. The van der Waals surface area contributed by atoms with Gasteiger partial charge in [-0.15, -0.1) is 0 Å². The highest BCUT2D eigenvalue weighted by molar-refractivity contribution is 7.46. The van der Waals surface area contributed by atoms with Gasteiger partial charge >= 0.3 is 19.8 Å². The van der Waals surface area contributed by atoms with E-state index in [1.807, 2.05) is 18.2 Å². The normalized spacial score (nSPS) is 13.6. The molecule has 302 valence electrons. The van der Waals surface area contributed by atoms with Gasteiger partial charge in [-0.05, 0) is 51.4 Å². The Bertz CT molecular complexity index is 1000. The van der Waals surface area contributed by atoms with Crippen molar-refractivity contribution in [3.05, 3.63) is 48.6 Å². The fraction of sp³-hybridized carbons (Fsp3) is 0.762. The largest absolute Gasteiger partial charge is 0.469 e. The van der Waals surface area contributed by atoms with Crippen molar-refractivity contribution in [1.29, 1.82) is 0 Å². The molecule has 0 saturated carbocycles. The molecular weight excluding hydrogens is 679 g/mol. The van der Waals surface area contributed by atoms with Gasteiger partial charge in [-0.1, -0.05) is 165 Å². The summed E-state index contributed by atoms with van der Waals surface area (Å²) in [5.41, 5.74) is 0. The van der Waals surface area contributed by atoms with E-state index in [0.29, 0.717) is 25.7 Å². The summed E-state index contributed by atoms with van der Waals surface area (Å²) in [4.78, 5) is 42.8. The molecular formula is C42H75O9P. The van der Waals surface area contributed by atoms with Gasteiger partial charge in [0, 0.05) is 12.8 Å². The van der Waals surface area contributed by atoms with Crippen LogP contribution in [0.15, 0.2) is 48.6 Å². The standard InChI is InChI=1S/C42H75O9P/c1-3-5-6-7-8-9-10-11-12-13-16-20-23-26-29-32-36-42(45)51-40(38-50-52(46,47)48)37-49-41(44)35-31-28-25-22-19-17-14-15-18-21-24-27-30-34-39(43)33-4-2/h14,17-18,21-22,25,27,30,39-40,43H,3-13,15-16,19-20,23-24,26,28-29,31-38H2,1-2H3,(H2,46,47,48)/b17-14-,21-18-,25-22-,30-27-/t39?,40-/m1/s1. The molecule has 0 aromatic rings. The SMILES string of the molecule is CCCCCCCCCCCCCCCCCCC(=O)O[C@H](COC(=O)CCC/C=C\C/C=C\C/C=C\C/C=C\CC(O)CCC)COP(=O)(O)O. The summed E-state index contributed by atoms with van der Waals surface area (Å²) in [6.45, 7) is 3.44. The molecule has 3 N–H and O–H groups in total. The summed E-state index contributed by atoms with van der Waals surface area (Å²) in [6.07, 6.45) is 41.8. The third-order valence-corrected chi connectivity index (χ3v) is 9.14. The van der Waals surface area contributed by atoms with Crippen LogP contribution in [-0.4, -0.2) is 52.3 Å². The number of phosphoric acid groups is 1. The van der Waals surface area contributed by atoms with Gasteiger partial charge in [0.2, 0.25) is 0 Å². The number of ether oxygens (including phenoxy) is 2. The van der Waals surface area contributed by atoms with Crippen LogP contribution in [-0.2, 0) is 28.2 Å². The summed E-state index contributed by atoms with van der Waals surface area (Å²) in [6, 6.07) is 0. The Labute approximate surface area is 317 Å². The molecule has 0 fully saturated rings. The zero-order valence-electron chi connectivity index (χ0n) is 32.8. The van der Waals surface area contributed by atoms with Crippen LogP contribution in [0, 0.1) is 0 Å². The molecule has 1 unspecified atom stereocenters. The number of carbonyl (C=O) groups excluding carboxylic acids is 2. The number of aliphatic hydroxyl groups excluding tert-OH is 1. The molecule has 2 atom stereocenters. The van der Waals surface area contributed by atoms with Crippen molar-refractivity contribution in [2.75, 3.05) is 13.2 Å². The Hall–Kier alpha value is -2.03. The molecule has 0 saturated heterocycles. The second-order valence-electron chi connectivity index (χ2n) is 13.8. The number of hydrogen-bond acceptors (Lipinski definition) is 7. The Morgan fingerprint density at radius 3 is 1.54 bits per heavy atom. The second kappa shape index (κ2) is 37.3. The lowest BCUT2D eigenvalue weighted by atomic mass is 10.0. The van der Waals surface area contributed by atoms with Gasteiger partial charge in [-0.2, -0.15) is 0 Å². The zero-order valence-corrected chi connectivity index (χ0v) is 33.7. The highest BCUT2D eigenvalue weighted by Gasteiger charge is 2.22. The predicted octanol–water partition coefficient (Wildman–Crippen LogP) is 11.3. The minimum Gasteiger partial charge on any atom is -0.462 e. The monoisotopic (exact) mass is 755 g/mol. The number of phosphoric ester groups is 1. The van der Waals surface area contributed by atoms with Crippen molar-refractivity contribution in [3.8, 4) is 0 Å². The average molecular weight is 755 g/mol. The summed E-state index contributed by atoms with van der Waals surface area (Å²) in [7, 11) is -4.77. The van der Waals surface area contributed by atoms with E-state index in [9.17, 15) is 19.3 Å². The summed E-state index contributed by atoms with van der Waals surface area (Å²) < 4.78 is 26.3. The Morgan fingerprint density at radius 1 is 0.577 bits per heavy atom. The molecule has 0 spiro atoms. The number of esters is 2. The molecule has 9 nitrogen and oxygen atoms in total. The molecule has 52 heavy (non-hydrogen) atoms. The number of hydrogen-bond donors (Lipinski definition) is 3. The van der Waals surface area contributed by atoms with Gasteiger partial charge in [-0.3, -0.25) is 14.1 Å². The van der Waals surface area contributed by atoms with Crippen molar-refractivity contribution >= 4 is 19.8 Å². The molecule has 10 heteroatoms. The highest BCUT2D eigenvalue weighted by atomic mass is 31.2. The lowest BCUT2D eigenvalue weighted by molar-refractivity contribution is -0.161. The van der Waals surface area contributed by atoms with E-state index >= 15 is 0 Å². The fourth-order valence-corrected chi connectivity index (χ4v) is 5.98. The van der Waals surface area contributed by atoms with Crippen LogP contribution in [0.1, 0.15) is 181 Å². The van der Waals surface area contributed by atoms with E-state index in [4.69, 9.17) is 19.3 Å². The van der Waals surface area contributed by atoms with Gasteiger partial charge in [-0.25, -0.2) is 4.57 Å². The molecule has 0 heterocycles. The molecule has 0 aromatic carbocycles. The number of unbranched alkanes of at least 4 members (excludes halogenated alkanes) is 16. The van der Waals surface area contributed by atoms with Gasteiger partial charge in [0.25, 0.3) is 0 Å². The third-order valence-electron chi connectivity index (χ3n) is 8.66. The van der Waals surface area contributed by atoms with E-state index in [1.165, 1.54) is 77.0 Å². The first-order chi connectivity index (χ1) is 25.2. The maximum atomic E-state index is 12.4. The topological polar surface area (TPSA) is 140 Å². The second-order valence-corrected chi connectivity index (χ2v) is 15.0. The number of allylic oxidation sites excluding steroid dienone is 7. The molecule has 0 aliphatic rings. The van der Waals surface area contributed by atoms with Crippen LogP contribution >= 0.6 is 7.82 Å². The zero-order chi connectivity index (χ0) is 38.4. The molecule has 0 aliphatic carbocycles. The van der Waals surface area contributed by atoms with Crippen LogP contribution in [0.3, 0.4) is 0 Å².